The number of hydrogen-bond donors (Lipinski definition) is 1. The fraction of sp³-hybridized carbons (Fsp3) is 0.400. The van der Waals surface area contributed by atoms with E-state index in [1.807, 2.05) is 48.5 Å². The molecule has 1 fully saturated rings. The molecule has 0 saturated carbocycles. The van der Waals surface area contributed by atoms with Crippen molar-refractivity contribution in [3.05, 3.63) is 65.2 Å². The number of imide groups is 1. The number of carbonyl (C=O) groups is 3. The maximum Gasteiger partial charge on any atom is 0.327 e. The zero-order valence-corrected chi connectivity index (χ0v) is 18.4. The monoisotopic (exact) mass is 435 g/mol. The molecular weight excluding hydrogens is 406 g/mol. The van der Waals surface area contributed by atoms with Crippen LogP contribution in [0.1, 0.15) is 42.4 Å². The van der Waals surface area contributed by atoms with E-state index in [0.29, 0.717) is 38.9 Å². The molecule has 2 aromatic carbocycles. The standard InChI is InChI=1S/C25H29N3O4/c1-32-21-11-7-8-18(14-21)16-26-23(29)12-3-2-6-13-27-24(30)22-15-19-9-4-5-10-20(19)17-28(22)25(27)31/h4-5,7-11,14,22H,2-3,6,12-13,15-17H2,1H3,(H,26,29). The number of hydrogen-bond acceptors (Lipinski definition) is 4. The Morgan fingerprint density at radius 1 is 1.06 bits per heavy atom. The third-order valence-electron chi connectivity index (χ3n) is 6.19. The highest BCUT2D eigenvalue weighted by Crippen LogP contribution is 2.30. The predicted molar refractivity (Wildman–Crippen MR) is 120 cm³/mol. The summed E-state index contributed by atoms with van der Waals surface area (Å²) >= 11 is 0. The largest absolute Gasteiger partial charge is 0.497 e. The molecular formula is C25H29N3O4. The van der Waals surface area contributed by atoms with Gasteiger partial charge in [0.15, 0.2) is 0 Å². The summed E-state index contributed by atoms with van der Waals surface area (Å²) in [6.45, 7) is 1.37. The Bertz CT molecular complexity index is 963. The topological polar surface area (TPSA) is 79.0 Å². The number of fused-ring (bicyclic) bond motifs is 2. The van der Waals surface area contributed by atoms with Crippen molar-refractivity contribution in [1.82, 2.24) is 15.1 Å². The summed E-state index contributed by atoms with van der Waals surface area (Å²) < 4.78 is 5.19. The van der Waals surface area contributed by atoms with E-state index in [1.54, 1.807) is 12.0 Å². The van der Waals surface area contributed by atoms with Crippen molar-refractivity contribution in [3.8, 4) is 5.75 Å². The van der Waals surface area contributed by atoms with Gasteiger partial charge in [-0.05, 0) is 41.7 Å². The minimum atomic E-state index is -0.375. The molecule has 0 bridgehead atoms. The molecule has 0 aromatic heterocycles. The maximum absolute atomic E-state index is 12.8. The molecule has 4 amide bonds. The molecule has 0 spiro atoms. The number of amides is 4. The molecule has 7 nitrogen and oxygen atoms in total. The summed E-state index contributed by atoms with van der Waals surface area (Å²) in [4.78, 5) is 40.7. The first-order valence-electron chi connectivity index (χ1n) is 11.1. The average molecular weight is 436 g/mol. The van der Waals surface area contributed by atoms with Gasteiger partial charge in [0.1, 0.15) is 11.8 Å². The van der Waals surface area contributed by atoms with Crippen LogP contribution in [-0.2, 0) is 29.1 Å². The van der Waals surface area contributed by atoms with E-state index in [4.69, 9.17) is 4.74 Å². The second-order valence-corrected chi connectivity index (χ2v) is 8.33. The van der Waals surface area contributed by atoms with E-state index in [0.717, 1.165) is 35.3 Å². The normalized spacial score (nSPS) is 17.2. The van der Waals surface area contributed by atoms with E-state index in [-0.39, 0.29) is 23.9 Å². The van der Waals surface area contributed by atoms with Crippen molar-refractivity contribution in [1.29, 1.82) is 0 Å². The third kappa shape index (κ3) is 4.77. The second-order valence-electron chi connectivity index (χ2n) is 8.33. The second kappa shape index (κ2) is 9.85. The Morgan fingerprint density at radius 2 is 1.88 bits per heavy atom. The van der Waals surface area contributed by atoms with Crippen molar-refractivity contribution >= 4 is 17.8 Å². The predicted octanol–water partition coefficient (Wildman–Crippen LogP) is 3.26. The minimum Gasteiger partial charge on any atom is -0.497 e. The molecule has 2 heterocycles. The number of unbranched alkanes of at least 4 members (excludes halogenated alkanes) is 2. The van der Waals surface area contributed by atoms with Crippen LogP contribution in [0.2, 0.25) is 0 Å². The van der Waals surface area contributed by atoms with Crippen LogP contribution in [0, 0.1) is 0 Å². The van der Waals surface area contributed by atoms with Gasteiger partial charge < -0.3 is 15.0 Å². The first-order valence-corrected chi connectivity index (χ1v) is 11.1. The summed E-state index contributed by atoms with van der Waals surface area (Å²) in [6, 6.07) is 15.0. The Balaban J connectivity index is 1.17. The molecule has 1 unspecified atom stereocenters. The zero-order chi connectivity index (χ0) is 22.5. The molecule has 0 radical (unpaired) electrons. The highest BCUT2D eigenvalue weighted by atomic mass is 16.5. The molecule has 32 heavy (non-hydrogen) atoms. The lowest BCUT2D eigenvalue weighted by molar-refractivity contribution is -0.128. The van der Waals surface area contributed by atoms with Crippen LogP contribution in [0.4, 0.5) is 4.79 Å². The number of rotatable bonds is 9. The Hall–Kier alpha value is -3.35. The fourth-order valence-corrected chi connectivity index (χ4v) is 4.38. The average Bonchev–Trinajstić information content (AvgIpc) is 3.05. The number of carbonyl (C=O) groups excluding carboxylic acids is 3. The Morgan fingerprint density at radius 3 is 2.69 bits per heavy atom. The van der Waals surface area contributed by atoms with E-state index in [1.165, 1.54) is 4.90 Å². The zero-order valence-electron chi connectivity index (χ0n) is 18.4. The van der Waals surface area contributed by atoms with Crippen molar-refractivity contribution in [2.24, 2.45) is 0 Å². The summed E-state index contributed by atoms with van der Waals surface area (Å²) in [7, 11) is 1.62. The minimum absolute atomic E-state index is 0.00367. The smallest absolute Gasteiger partial charge is 0.327 e. The number of nitrogens with one attached hydrogen (secondary N) is 1. The van der Waals surface area contributed by atoms with Crippen LogP contribution in [0.25, 0.3) is 0 Å². The van der Waals surface area contributed by atoms with Crippen LogP contribution in [0.5, 0.6) is 5.75 Å². The van der Waals surface area contributed by atoms with Gasteiger partial charge >= 0.3 is 6.03 Å². The van der Waals surface area contributed by atoms with Gasteiger partial charge in [0.05, 0.1) is 7.11 Å². The van der Waals surface area contributed by atoms with E-state index >= 15 is 0 Å². The lowest BCUT2D eigenvalue weighted by Gasteiger charge is -2.28. The van der Waals surface area contributed by atoms with Gasteiger partial charge in [-0.1, -0.05) is 42.8 Å². The molecule has 4 rings (SSSR count). The van der Waals surface area contributed by atoms with Crippen molar-refractivity contribution in [3.63, 3.8) is 0 Å². The fourth-order valence-electron chi connectivity index (χ4n) is 4.38. The number of methoxy groups -OCH3 is 1. The molecule has 1 saturated heterocycles. The molecule has 1 atom stereocenters. The van der Waals surface area contributed by atoms with Gasteiger partial charge in [0.2, 0.25) is 5.91 Å². The van der Waals surface area contributed by atoms with Gasteiger partial charge in [-0.3, -0.25) is 14.5 Å². The number of nitrogens with zero attached hydrogens (tertiary/aromatic N) is 2. The number of benzene rings is 2. The van der Waals surface area contributed by atoms with Gasteiger partial charge in [-0.25, -0.2) is 4.79 Å². The summed E-state index contributed by atoms with van der Waals surface area (Å²) in [5.41, 5.74) is 3.26. The lowest BCUT2D eigenvalue weighted by atomic mass is 9.95. The van der Waals surface area contributed by atoms with E-state index in [9.17, 15) is 14.4 Å². The molecule has 2 aromatic rings. The molecule has 0 aliphatic carbocycles. The summed E-state index contributed by atoms with van der Waals surface area (Å²) in [6.07, 6.45) is 3.22. The maximum atomic E-state index is 12.8. The summed E-state index contributed by atoms with van der Waals surface area (Å²) in [5, 5.41) is 2.92. The van der Waals surface area contributed by atoms with E-state index < -0.39 is 0 Å². The van der Waals surface area contributed by atoms with Gasteiger partial charge in [0, 0.05) is 32.5 Å². The lowest BCUT2D eigenvalue weighted by Crippen LogP contribution is -2.39. The molecule has 2 aliphatic rings. The first kappa shape index (κ1) is 21.9. The molecule has 7 heteroatoms. The van der Waals surface area contributed by atoms with Crippen LogP contribution in [0.3, 0.4) is 0 Å². The van der Waals surface area contributed by atoms with Gasteiger partial charge in [0.25, 0.3) is 5.91 Å². The quantitative estimate of drug-likeness (QED) is 0.484. The van der Waals surface area contributed by atoms with E-state index in [2.05, 4.69) is 5.32 Å². The van der Waals surface area contributed by atoms with Crippen LogP contribution in [0.15, 0.2) is 48.5 Å². The van der Waals surface area contributed by atoms with Crippen molar-refractivity contribution in [2.45, 2.75) is 51.2 Å². The SMILES string of the molecule is COc1cccc(CNC(=O)CCCCCN2C(=O)C3Cc4ccccc4CN3C2=O)c1. The van der Waals surface area contributed by atoms with Crippen LogP contribution in [-0.4, -0.2) is 47.3 Å². The van der Waals surface area contributed by atoms with Gasteiger partial charge in [-0.15, -0.1) is 0 Å². The highest BCUT2D eigenvalue weighted by molar-refractivity contribution is 6.04. The van der Waals surface area contributed by atoms with Crippen molar-refractivity contribution in [2.75, 3.05) is 13.7 Å². The Kier molecular flexibility index (Phi) is 6.73. The number of urea groups is 1. The molecule has 1 N–H and O–H groups in total. The molecule has 2 aliphatic heterocycles. The van der Waals surface area contributed by atoms with Crippen LogP contribution < -0.4 is 10.1 Å². The number of ether oxygens (including phenoxy) is 1. The van der Waals surface area contributed by atoms with Crippen LogP contribution >= 0.6 is 0 Å². The van der Waals surface area contributed by atoms with Gasteiger partial charge in [-0.2, -0.15) is 0 Å². The Labute approximate surface area is 188 Å². The third-order valence-corrected chi connectivity index (χ3v) is 6.19. The van der Waals surface area contributed by atoms with Crippen molar-refractivity contribution < 1.29 is 19.1 Å². The highest BCUT2D eigenvalue weighted by Gasteiger charge is 2.46. The summed E-state index contributed by atoms with van der Waals surface area (Å²) in [5.74, 6) is 0.666. The molecule has 168 valence electrons. The first-order chi connectivity index (χ1) is 15.6.